The molecule has 0 unspecified atom stereocenters. The Morgan fingerprint density at radius 3 is 2.58 bits per heavy atom. The maximum Gasteiger partial charge on any atom is 1.00 e. The van der Waals surface area contributed by atoms with Gasteiger partial charge < -0.3 is 5.11 Å². The van der Waals surface area contributed by atoms with Gasteiger partial charge in [-0.25, -0.2) is 0 Å². The van der Waals surface area contributed by atoms with E-state index in [0.29, 0.717) is 5.75 Å². The van der Waals surface area contributed by atoms with E-state index in [1.165, 1.54) is 0 Å². The third kappa shape index (κ3) is 1.63. The summed E-state index contributed by atoms with van der Waals surface area (Å²) in [4.78, 5) is 0. The largest absolute Gasteiger partial charge is 1.00 e. The maximum atomic E-state index is 9.35. The van der Waals surface area contributed by atoms with Crippen molar-refractivity contribution < 1.29 is 34.7 Å². The van der Waals surface area contributed by atoms with Crippen molar-refractivity contribution in [3.05, 3.63) is 42.5 Å². The van der Waals surface area contributed by atoms with Gasteiger partial charge in [-0.2, -0.15) is 0 Å². The number of fused-ring (bicyclic) bond motifs is 1. The van der Waals surface area contributed by atoms with Gasteiger partial charge in [-0.3, -0.25) is 0 Å². The number of hydrogen-bond donors (Lipinski definition) is 1. The topological polar surface area (TPSA) is 20.2 Å². The number of aromatic hydroxyl groups is 1. The zero-order valence-electron chi connectivity index (χ0n) is 6.91. The summed E-state index contributed by atoms with van der Waals surface area (Å²) < 4.78 is 0. The zero-order valence-corrected chi connectivity index (χ0v) is 8.91. The van der Waals surface area contributed by atoms with E-state index in [9.17, 15) is 5.11 Å². The first-order valence-corrected chi connectivity index (χ1v) is 3.46. The first-order valence-electron chi connectivity index (χ1n) is 3.46. The third-order valence-corrected chi connectivity index (χ3v) is 1.68. The van der Waals surface area contributed by atoms with Gasteiger partial charge in [0.2, 0.25) is 0 Å². The Bertz CT molecular complexity index is 379. The molecule has 0 bridgehead atoms. The Kier molecular flexibility index (Phi) is 3.15. The number of phenols is 1. The summed E-state index contributed by atoms with van der Waals surface area (Å²) in [7, 11) is 0. The van der Waals surface area contributed by atoms with Crippen molar-refractivity contribution in [1.82, 2.24) is 0 Å². The van der Waals surface area contributed by atoms with Crippen molar-refractivity contribution >= 4 is 10.8 Å². The molecule has 0 aliphatic rings. The van der Waals surface area contributed by atoms with Crippen LogP contribution in [-0.4, -0.2) is 5.11 Å². The molecule has 0 amide bonds. The Morgan fingerprint density at radius 2 is 1.83 bits per heavy atom. The van der Waals surface area contributed by atoms with E-state index in [1.54, 1.807) is 12.1 Å². The standard InChI is InChI=1S/C10H7O.Na/c11-10-7-3-5-8-4-1-2-6-9(8)10;/h1-4,6-7,11H;/q-1;+1. The molecule has 0 aromatic heterocycles. The van der Waals surface area contributed by atoms with Crippen molar-refractivity contribution in [1.29, 1.82) is 0 Å². The van der Waals surface area contributed by atoms with Gasteiger partial charge in [0.15, 0.2) is 0 Å². The van der Waals surface area contributed by atoms with E-state index < -0.39 is 0 Å². The molecule has 0 aliphatic carbocycles. The fourth-order valence-corrected chi connectivity index (χ4v) is 1.13. The molecule has 54 valence electrons. The second-order valence-corrected chi connectivity index (χ2v) is 2.41. The molecule has 0 heterocycles. The van der Waals surface area contributed by atoms with E-state index >= 15 is 0 Å². The van der Waals surface area contributed by atoms with Crippen LogP contribution in [0.2, 0.25) is 0 Å². The zero-order chi connectivity index (χ0) is 7.68. The normalized spacial score (nSPS) is 9.33. The van der Waals surface area contributed by atoms with Gasteiger partial charge in [-0.05, 0) is 0 Å². The molecule has 0 radical (unpaired) electrons. The first-order chi connectivity index (χ1) is 5.38. The second kappa shape index (κ2) is 3.94. The van der Waals surface area contributed by atoms with E-state index in [0.717, 1.165) is 10.8 Å². The molecule has 1 nitrogen and oxygen atoms in total. The Hall–Kier alpha value is -0.500. The molecule has 0 saturated carbocycles. The van der Waals surface area contributed by atoms with Crippen LogP contribution in [0.25, 0.3) is 10.8 Å². The Morgan fingerprint density at radius 1 is 1.08 bits per heavy atom. The summed E-state index contributed by atoms with van der Waals surface area (Å²) in [5.41, 5.74) is 0. The van der Waals surface area contributed by atoms with Crippen LogP contribution < -0.4 is 29.6 Å². The summed E-state index contributed by atoms with van der Waals surface area (Å²) in [6.07, 6.45) is 0. The smallest absolute Gasteiger partial charge is 0.527 e. The Balaban J connectivity index is 0.000000720. The third-order valence-electron chi connectivity index (χ3n) is 1.68. The van der Waals surface area contributed by atoms with Gasteiger partial charge in [0.25, 0.3) is 0 Å². The molecule has 2 heteroatoms. The van der Waals surface area contributed by atoms with Gasteiger partial charge in [0.1, 0.15) is 0 Å². The minimum Gasteiger partial charge on any atom is -0.527 e. The van der Waals surface area contributed by atoms with Crippen LogP contribution in [0.15, 0.2) is 36.4 Å². The van der Waals surface area contributed by atoms with Crippen LogP contribution in [0.4, 0.5) is 0 Å². The molecular formula is C10H7NaO. The minimum atomic E-state index is 0. The van der Waals surface area contributed by atoms with Crippen molar-refractivity contribution in [2.45, 2.75) is 0 Å². The van der Waals surface area contributed by atoms with Crippen LogP contribution in [0.5, 0.6) is 5.75 Å². The van der Waals surface area contributed by atoms with Gasteiger partial charge in [-0.1, -0.05) is 17.5 Å². The summed E-state index contributed by atoms with van der Waals surface area (Å²) in [6.45, 7) is 0. The quantitative estimate of drug-likeness (QED) is 0.407. The van der Waals surface area contributed by atoms with Crippen LogP contribution in [0.1, 0.15) is 0 Å². The first kappa shape index (κ1) is 9.59. The fourth-order valence-electron chi connectivity index (χ4n) is 1.13. The van der Waals surface area contributed by atoms with E-state index in [2.05, 4.69) is 6.07 Å². The van der Waals surface area contributed by atoms with Crippen molar-refractivity contribution in [2.75, 3.05) is 0 Å². The van der Waals surface area contributed by atoms with Gasteiger partial charge in [0, 0.05) is 5.75 Å². The predicted molar refractivity (Wildman–Crippen MR) is 44.4 cm³/mol. The molecule has 0 aliphatic heterocycles. The van der Waals surface area contributed by atoms with E-state index in [1.807, 2.05) is 24.3 Å². The summed E-state index contributed by atoms with van der Waals surface area (Å²) in [5, 5.41) is 11.2. The Labute approximate surface area is 93.3 Å². The molecule has 2 aromatic rings. The van der Waals surface area contributed by atoms with Gasteiger partial charge in [-0.15, -0.1) is 35.7 Å². The summed E-state index contributed by atoms with van der Waals surface area (Å²) in [6, 6.07) is 14.0. The molecular weight excluding hydrogens is 159 g/mol. The van der Waals surface area contributed by atoms with Crippen molar-refractivity contribution in [2.24, 2.45) is 0 Å². The van der Waals surface area contributed by atoms with Crippen LogP contribution >= 0.6 is 0 Å². The fraction of sp³-hybridized carbons (Fsp3) is 0. The minimum absolute atomic E-state index is 0. The number of benzene rings is 2. The average molecular weight is 166 g/mol. The monoisotopic (exact) mass is 166 g/mol. The predicted octanol–water partition coefficient (Wildman–Crippen LogP) is -0.650. The molecule has 0 fully saturated rings. The van der Waals surface area contributed by atoms with Crippen LogP contribution in [0, 0.1) is 6.07 Å². The van der Waals surface area contributed by atoms with E-state index in [-0.39, 0.29) is 29.6 Å². The summed E-state index contributed by atoms with van der Waals surface area (Å²) >= 11 is 0. The van der Waals surface area contributed by atoms with E-state index in [4.69, 9.17) is 0 Å². The van der Waals surface area contributed by atoms with Gasteiger partial charge >= 0.3 is 29.6 Å². The number of hydrogen-bond acceptors (Lipinski definition) is 1. The molecule has 2 rings (SSSR count). The molecule has 1 N–H and O–H groups in total. The van der Waals surface area contributed by atoms with Crippen LogP contribution in [-0.2, 0) is 0 Å². The van der Waals surface area contributed by atoms with Gasteiger partial charge in [0.05, 0.1) is 0 Å². The van der Waals surface area contributed by atoms with Crippen LogP contribution in [0.3, 0.4) is 0 Å². The molecule has 2 aromatic carbocycles. The molecule has 0 atom stereocenters. The second-order valence-electron chi connectivity index (χ2n) is 2.41. The molecule has 12 heavy (non-hydrogen) atoms. The van der Waals surface area contributed by atoms with Crippen molar-refractivity contribution in [3.63, 3.8) is 0 Å². The molecule has 0 spiro atoms. The number of phenolic OH excluding ortho intramolecular Hbond substituents is 1. The summed E-state index contributed by atoms with van der Waals surface area (Å²) in [5.74, 6) is 0.319. The molecule has 0 saturated heterocycles. The average Bonchev–Trinajstić information content (AvgIpc) is 2.06. The SMILES string of the molecule is Oc1cc[c-]c2ccccc12.[Na+]. The number of rotatable bonds is 0. The van der Waals surface area contributed by atoms with Crippen molar-refractivity contribution in [3.8, 4) is 5.75 Å². The maximum absolute atomic E-state index is 9.35.